The lowest BCUT2D eigenvalue weighted by molar-refractivity contribution is 0.104. The maximum atomic E-state index is 12.5. The van der Waals surface area contributed by atoms with Crippen LogP contribution in [-0.4, -0.2) is 42.3 Å². The van der Waals surface area contributed by atoms with Crippen molar-refractivity contribution in [1.29, 1.82) is 0 Å². The topological polar surface area (TPSA) is 70.5 Å². The molecule has 0 aliphatic rings. The van der Waals surface area contributed by atoms with E-state index in [4.69, 9.17) is 14.2 Å². The third-order valence-corrected chi connectivity index (χ3v) is 6.04. The van der Waals surface area contributed by atoms with Gasteiger partial charge in [0, 0.05) is 16.7 Å². The summed E-state index contributed by atoms with van der Waals surface area (Å²) >= 11 is 1.63. The lowest BCUT2D eigenvalue weighted by atomic mass is 10.1. The molecule has 4 aromatic rings. The molecule has 0 aliphatic heterocycles. The smallest absolute Gasteiger partial charge is 0.185 e. The number of allylic oxidation sites excluding steroid dienone is 1. The molecular weight excluding hydrogens is 448 g/mol. The second-order valence-corrected chi connectivity index (χ2v) is 8.31. The van der Waals surface area contributed by atoms with Gasteiger partial charge in [-0.1, -0.05) is 30.3 Å². The summed E-state index contributed by atoms with van der Waals surface area (Å²) in [6.45, 7) is 0.523. The molecule has 1 heterocycles. The summed E-state index contributed by atoms with van der Waals surface area (Å²) < 4.78 is 16.4. The van der Waals surface area contributed by atoms with Crippen LogP contribution >= 0.6 is 11.8 Å². The normalized spacial score (nSPS) is 11.0. The molecule has 0 spiro atoms. The van der Waals surface area contributed by atoms with Crippen molar-refractivity contribution in [2.45, 2.75) is 5.03 Å². The fourth-order valence-electron chi connectivity index (χ4n) is 3.33. The molecule has 0 aliphatic carbocycles. The molecule has 0 saturated heterocycles. The molecule has 0 atom stereocenters. The highest BCUT2D eigenvalue weighted by molar-refractivity contribution is 7.99. The Morgan fingerprint density at radius 2 is 1.74 bits per heavy atom. The van der Waals surface area contributed by atoms with Gasteiger partial charge >= 0.3 is 0 Å². The van der Waals surface area contributed by atoms with Crippen molar-refractivity contribution in [3.8, 4) is 17.2 Å². The standard InChI is InChI=1S/C27H24N2O4S/c1-31-25-14-8-19(17-26(25)32-2)7-13-24(30)20-9-11-21(12-10-20)33-15-16-34-27-22-5-3-4-6-23(22)28-18-29-27/h3-14,17-18H,15-16H2,1-2H3/b13-7+. The molecule has 7 heteroatoms. The highest BCUT2D eigenvalue weighted by Crippen LogP contribution is 2.28. The molecule has 172 valence electrons. The fourth-order valence-corrected chi connectivity index (χ4v) is 4.14. The number of para-hydroxylation sites is 1. The molecule has 0 amide bonds. The minimum atomic E-state index is -0.0902. The first-order chi connectivity index (χ1) is 16.7. The molecule has 1 aromatic heterocycles. The Hall–Kier alpha value is -3.84. The molecule has 3 aromatic carbocycles. The van der Waals surface area contributed by atoms with Crippen LogP contribution in [0.25, 0.3) is 17.0 Å². The van der Waals surface area contributed by atoms with Crippen LogP contribution in [0.5, 0.6) is 17.2 Å². The quantitative estimate of drug-likeness (QED) is 0.0962. The molecule has 0 N–H and O–H groups in total. The van der Waals surface area contributed by atoms with Gasteiger partial charge in [0.25, 0.3) is 0 Å². The molecule has 34 heavy (non-hydrogen) atoms. The van der Waals surface area contributed by atoms with Crippen molar-refractivity contribution >= 4 is 34.5 Å². The number of ether oxygens (including phenoxy) is 3. The summed E-state index contributed by atoms with van der Waals surface area (Å²) in [4.78, 5) is 21.2. The summed E-state index contributed by atoms with van der Waals surface area (Å²) in [6, 6.07) is 20.6. The number of methoxy groups -OCH3 is 2. The Morgan fingerprint density at radius 3 is 2.53 bits per heavy atom. The number of rotatable bonds is 10. The number of nitrogens with zero attached hydrogens (tertiary/aromatic N) is 2. The first-order valence-electron chi connectivity index (χ1n) is 10.7. The van der Waals surface area contributed by atoms with Crippen molar-refractivity contribution in [2.75, 3.05) is 26.6 Å². The molecule has 6 nitrogen and oxygen atoms in total. The Bertz CT molecular complexity index is 1300. The third-order valence-electron chi connectivity index (χ3n) is 5.07. The second kappa shape index (κ2) is 11.3. The van der Waals surface area contributed by atoms with Crippen LogP contribution in [0.3, 0.4) is 0 Å². The van der Waals surface area contributed by atoms with Gasteiger partial charge in [0.15, 0.2) is 17.3 Å². The van der Waals surface area contributed by atoms with Crippen LogP contribution in [0.4, 0.5) is 0 Å². The van der Waals surface area contributed by atoms with Crippen LogP contribution in [0.2, 0.25) is 0 Å². The maximum absolute atomic E-state index is 12.5. The van der Waals surface area contributed by atoms with E-state index in [2.05, 4.69) is 9.97 Å². The molecule has 0 bridgehead atoms. The van der Waals surface area contributed by atoms with Gasteiger partial charge in [0.2, 0.25) is 0 Å². The molecule has 0 fully saturated rings. The summed E-state index contributed by atoms with van der Waals surface area (Å²) in [5.41, 5.74) is 2.37. The largest absolute Gasteiger partial charge is 0.493 e. The van der Waals surface area contributed by atoms with Crippen LogP contribution in [0, 0.1) is 0 Å². The summed E-state index contributed by atoms with van der Waals surface area (Å²) in [5, 5.41) is 1.98. The second-order valence-electron chi connectivity index (χ2n) is 7.23. The van der Waals surface area contributed by atoms with Gasteiger partial charge in [-0.2, -0.15) is 0 Å². The number of benzene rings is 3. The van der Waals surface area contributed by atoms with Crippen molar-refractivity contribution in [3.63, 3.8) is 0 Å². The number of hydrogen-bond donors (Lipinski definition) is 0. The predicted octanol–water partition coefficient (Wildman–Crippen LogP) is 5.71. The predicted molar refractivity (Wildman–Crippen MR) is 135 cm³/mol. The van der Waals surface area contributed by atoms with E-state index in [-0.39, 0.29) is 5.78 Å². The van der Waals surface area contributed by atoms with Crippen LogP contribution in [0.15, 0.2) is 84.2 Å². The summed E-state index contributed by atoms with van der Waals surface area (Å²) in [5.74, 6) is 2.63. The molecule has 4 rings (SSSR count). The van der Waals surface area contributed by atoms with Crippen molar-refractivity contribution < 1.29 is 19.0 Å². The van der Waals surface area contributed by atoms with Gasteiger partial charge < -0.3 is 14.2 Å². The zero-order chi connectivity index (χ0) is 23.8. The average molecular weight is 473 g/mol. The fraction of sp³-hybridized carbons (Fsp3) is 0.148. The van der Waals surface area contributed by atoms with Gasteiger partial charge in [-0.05, 0) is 54.1 Å². The van der Waals surface area contributed by atoms with E-state index in [1.807, 2.05) is 48.5 Å². The average Bonchev–Trinajstić information content (AvgIpc) is 2.90. The Kier molecular flexibility index (Phi) is 7.78. The maximum Gasteiger partial charge on any atom is 0.185 e. The first kappa shape index (κ1) is 23.3. The van der Waals surface area contributed by atoms with Crippen molar-refractivity contribution in [3.05, 3.63) is 90.3 Å². The lowest BCUT2D eigenvalue weighted by Crippen LogP contribution is -2.01. The van der Waals surface area contributed by atoms with E-state index in [9.17, 15) is 4.79 Å². The van der Waals surface area contributed by atoms with Crippen molar-refractivity contribution in [1.82, 2.24) is 9.97 Å². The number of hydrogen-bond acceptors (Lipinski definition) is 7. The van der Waals surface area contributed by atoms with E-state index in [0.717, 1.165) is 27.2 Å². The zero-order valence-electron chi connectivity index (χ0n) is 18.9. The number of carbonyl (C=O) groups excluding carboxylic acids is 1. The Labute approximate surface area is 202 Å². The first-order valence-corrected chi connectivity index (χ1v) is 11.7. The van der Waals surface area contributed by atoms with E-state index in [1.165, 1.54) is 0 Å². The highest BCUT2D eigenvalue weighted by Gasteiger charge is 2.06. The Balaban J connectivity index is 1.29. The third kappa shape index (κ3) is 5.74. The SMILES string of the molecule is COc1ccc(/C=C/C(=O)c2ccc(OCCSc3ncnc4ccccc34)cc2)cc1OC. The van der Waals surface area contributed by atoms with Gasteiger partial charge in [-0.25, -0.2) is 9.97 Å². The van der Waals surface area contributed by atoms with E-state index >= 15 is 0 Å². The summed E-state index contributed by atoms with van der Waals surface area (Å²) in [6.07, 6.45) is 4.88. The Morgan fingerprint density at radius 1 is 0.941 bits per heavy atom. The molecule has 0 radical (unpaired) electrons. The van der Waals surface area contributed by atoms with Crippen LogP contribution in [0.1, 0.15) is 15.9 Å². The number of aromatic nitrogens is 2. The monoisotopic (exact) mass is 472 g/mol. The molecular formula is C27H24N2O4S. The van der Waals surface area contributed by atoms with Gasteiger partial charge in [0.1, 0.15) is 17.1 Å². The van der Waals surface area contributed by atoms with Gasteiger partial charge in [-0.3, -0.25) is 4.79 Å². The molecule has 0 saturated carbocycles. The summed E-state index contributed by atoms with van der Waals surface area (Å²) in [7, 11) is 3.17. The van der Waals surface area contributed by atoms with Crippen LogP contribution < -0.4 is 14.2 Å². The van der Waals surface area contributed by atoms with E-state index in [1.54, 1.807) is 62.7 Å². The highest BCUT2D eigenvalue weighted by atomic mass is 32.2. The van der Waals surface area contributed by atoms with Gasteiger partial charge in [0.05, 0.1) is 26.3 Å². The van der Waals surface area contributed by atoms with E-state index < -0.39 is 0 Å². The number of thioether (sulfide) groups is 1. The van der Waals surface area contributed by atoms with Gasteiger partial charge in [-0.15, -0.1) is 11.8 Å². The van der Waals surface area contributed by atoms with Crippen LogP contribution in [-0.2, 0) is 0 Å². The number of fused-ring (bicyclic) bond motifs is 1. The number of ketones is 1. The van der Waals surface area contributed by atoms with Crippen molar-refractivity contribution in [2.24, 2.45) is 0 Å². The molecule has 0 unspecified atom stereocenters. The number of carbonyl (C=O) groups is 1. The minimum Gasteiger partial charge on any atom is -0.493 e. The minimum absolute atomic E-state index is 0.0902. The zero-order valence-corrected chi connectivity index (χ0v) is 19.7. The lowest BCUT2D eigenvalue weighted by Gasteiger charge is -2.08. The van der Waals surface area contributed by atoms with E-state index in [0.29, 0.717) is 29.4 Å².